The molecule has 1 aliphatic rings. The van der Waals surface area contributed by atoms with Gasteiger partial charge >= 0.3 is 5.97 Å². The van der Waals surface area contributed by atoms with Crippen LogP contribution < -0.4 is 5.32 Å². The number of anilines is 1. The Morgan fingerprint density at radius 2 is 2.18 bits per heavy atom. The number of carbonyl (C=O) groups is 2. The minimum atomic E-state index is -0.321. The number of morpholine rings is 1. The van der Waals surface area contributed by atoms with Crippen molar-refractivity contribution in [2.45, 2.75) is 44.8 Å². The third-order valence-corrected chi connectivity index (χ3v) is 6.58. The lowest BCUT2D eigenvalue weighted by molar-refractivity contribution is -0.142. The van der Waals surface area contributed by atoms with Crippen LogP contribution in [0.15, 0.2) is 5.38 Å². The summed E-state index contributed by atoms with van der Waals surface area (Å²) >= 11 is 8.29. The number of nitrogens with zero attached hydrogens (tertiary/aromatic N) is 2. The van der Waals surface area contributed by atoms with Crippen molar-refractivity contribution in [3.63, 3.8) is 0 Å². The number of hydrogen-bond acceptors (Lipinski definition) is 8. The summed E-state index contributed by atoms with van der Waals surface area (Å²) in [6.07, 6.45) is 2.81. The van der Waals surface area contributed by atoms with Crippen molar-refractivity contribution >= 4 is 56.6 Å². The highest BCUT2D eigenvalue weighted by atomic mass is 32.2. The van der Waals surface area contributed by atoms with Crippen LogP contribution in [0.4, 0.5) is 5.13 Å². The van der Waals surface area contributed by atoms with Gasteiger partial charge in [-0.05, 0) is 13.3 Å². The Balaban J connectivity index is 1.93. The molecule has 2 heterocycles. The van der Waals surface area contributed by atoms with E-state index < -0.39 is 0 Å². The Kier molecular flexibility index (Phi) is 10.2. The Labute approximate surface area is 179 Å². The van der Waals surface area contributed by atoms with Gasteiger partial charge < -0.3 is 19.7 Å². The topological polar surface area (TPSA) is 80.8 Å². The van der Waals surface area contributed by atoms with Crippen LogP contribution in [-0.2, 0) is 25.5 Å². The maximum absolute atomic E-state index is 12.8. The zero-order valence-electron chi connectivity index (χ0n) is 16.3. The summed E-state index contributed by atoms with van der Waals surface area (Å²) in [6, 6.07) is 0. The van der Waals surface area contributed by atoms with Crippen LogP contribution in [0.25, 0.3) is 0 Å². The molecule has 10 heteroatoms. The summed E-state index contributed by atoms with van der Waals surface area (Å²) in [5.41, 5.74) is 0.598. The number of esters is 1. The molecule has 1 amide bonds. The normalized spacial score (nSPS) is 15.1. The number of thiazole rings is 1. The number of carbonyl (C=O) groups excluding carboxylic acids is 2. The lowest BCUT2D eigenvalue weighted by Crippen LogP contribution is -2.40. The highest BCUT2D eigenvalue weighted by Crippen LogP contribution is 2.25. The van der Waals surface area contributed by atoms with Crippen LogP contribution in [0.1, 0.15) is 38.8 Å². The van der Waals surface area contributed by atoms with Gasteiger partial charge in [-0.3, -0.25) is 9.59 Å². The largest absolute Gasteiger partial charge is 0.466 e. The van der Waals surface area contributed by atoms with Crippen molar-refractivity contribution in [1.29, 1.82) is 0 Å². The number of unbranched alkanes of at least 4 members (excludes halogenated alkanes) is 1. The van der Waals surface area contributed by atoms with E-state index in [-0.39, 0.29) is 23.5 Å². The molecule has 156 valence electrons. The fraction of sp³-hybridized carbons (Fsp3) is 0.667. The average Bonchev–Trinajstić information content (AvgIpc) is 3.12. The summed E-state index contributed by atoms with van der Waals surface area (Å²) in [6.45, 7) is 7.05. The van der Waals surface area contributed by atoms with Crippen molar-refractivity contribution in [2.24, 2.45) is 0 Å². The zero-order chi connectivity index (χ0) is 20.4. The lowest BCUT2D eigenvalue weighted by atomic mass is 10.2. The molecule has 1 saturated heterocycles. The average molecular weight is 446 g/mol. The van der Waals surface area contributed by atoms with Crippen LogP contribution in [0.5, 0.6) is 0 Å². The summed E-state index contributed by atoms with van der Waals surface area (Å²) < 4.78 is 11.0. The first kappa shape index (κ1) is 23.1. The molecule has 1 atom stereocenters. The van der Waals surface area contributed by atoms with Crippen LogP contribution in [0.3, 0.4) is 0 Å². The SMILES string of the molecule is CCCCC(SC(=S)N1CCOCC1)C(=O)Nc1nc(CC(=O)OCC)cs1. The molecule has 2 rings (SSSR count). The summed E-state index contributed by atoms with van der Waals surface area (Å²) in [5, 5.41) is 4.86. The molecule has 0 spiro atoms. The summed E-state index contributed by atoms with van der Waals surface area (Å²) in [5.74, 6) is -0.427. The van der Waals surface area contributed by atoms with E-state index in [9.17, 15) is 9.59 Å². The van der Waals surface area contributed by atoms with E-state index in [0.717, 1.165) is 36.7 Å². The molecule has 28 heavy (non-hydrogen) atoms. The minimum Gasteiger partial charge on any atom is -0.466 e. The number of nitrogens with one attached hydrogen (secondary N) is 1. The second-order valence-electron chi connectivity index (χ2n) is 6.23. The minimum absolute atomic E-state index is 0.105. The molecule has 1 N–H and O–H groups in total. The second kappa shape index (κ2) is 12.4. The van der Waals surface area contributed by atoms with Crippen molar-refractivity contribution in [3.05, 3.63) is 11.1 Å². The van der Waals surface area contributed by atoms with Gasteiger partial charge in [0, 0.05) is 18.5 Å². The van der Waals surface area contributed by atoms with Gasteiger partial charge in [0.1, 0.15) is 4.32 Å². The Morgan fingerprint density at radius 3 is 2.86 bits per heavy atom. The van der Waals surface area contributed by atoms with Crippen LogP contribution in [0, 0.1) is 0 Å². The van der Waals surface area contributed by atoms with Crippen LogP contribution in [-0.4, -0.2) is 64.2 Å². The number of rotatable bonds is 9. The van der Waals surface area contributed by atoms with E-state index in [2.05, 4.69) is 22.1 Å². The molecule has 1 aromatic rings. The van der Waals surface area contributed by atoms with E-state index >= 15 is 0 Å². The van der Waals surface area contributed by atoms with Gasteiger partial charge in [0.15, 0.2) is 5.13 Å². The molecule has 0 aliphatic carbocycles. The standard InChI is InChI=1S/C18H27N3O4S3/c1-3-5-6-14(28-18(26)21-7-9-24-10-8-21)16(23)20-17-19-13(12-27-17)11-15(22)25-4-2/h12,14H,3-11H2,1-2H3,(H,19,20,23). The van der Waals surface area contributed by atoms with Gasteiger partial charge in [-0.25, -0.2) is 4.98 Å². The van der Waals surface area contributed by atoms with Crippen LogP contribution in [0.2, 0.25) is 0 Å². The van der Waals surface area contributed by atoms with Gasteiger partial charge in [-0.15, -0.1) is 11.3 Å². The quantitative estimate of drug-likeness (QED) is 0.459. The first-order chi connectivity index (χ1) is 13.5. The molecular weight excluding hydrogens is 418 g/mol. The first-order valence-corrected chi connectivity index (χ1v) is 11.6. The van der Waals surface area contributed by atoms with Crippen LogP contribution >= 0.6 is 35.3 Å². The predicted octanol–water partition coefficient (Wildman–Crippen LogP) is 3.10. The zero-order valence-corrected chi connectivity index (χ0v) is 18.7. The molecule has 0 saturated carbocycles. The van der Waals surface area contributed by atoms with Crippen molar-refractivity contribution in [1.82, 2.24) is 9.88 Å². The fourth-order valence-electron chi connectivity index (χ4n) is 2.57. The first-order valence-electron chi connectivity index (χ1n) is 9.47. The molecule has 0 radical (unpaired) electrons. The van der Waals surface area contributed by atoms with E-state index in [1.165, 1.54) is 23.1 Å². The molecule has 0 bridgehead atoms. The number of thioether (sulfide) groups is 1. The molecule has 1 aliphatic heterocycles. The van der Waals surface area contributed by atoms with Crippen molar-refractivity contribution in [3.8, 4) is 0 Å². The van der Waals surface area contributed by atoms with E-state index in [1.54, 1.807) is 12.3 Å². The number of aromatic nitrogens is 1. The molecule has 0 aromatic carbocycles. The highest BCUT2D eigenvalue weighted by Gasteiger charge is 2.25. The third-order valence-electron chi connectivity index (χ3n) is 4.04. The van der Waals surface area contributed by atoms with Gasteiger partial charge in [-0.1, -0.05) is 43.7 Å². The van der Waals surface area contributed by atoms with E-state index in [1.807, 2.05) is 0 Å². The third kappa shape index (κ3) is 7.65. The van der Waals surface area contributed by atoms with Gasteiger partial charge in [0.05, 0.1) is 37.2 Å². The van der Waals surface area contributed by atoms with Crippen molar-refractivity contribution in [2.75, 3.05) is 38.2 Å². The summed E-state index contributed by atoms with van der Waals surface area (Å²) in [4.78, 5) is 30.8. The number of ether oxygens (including phenoxy) is 2. The molecular formula is C18H27N3O4S3. The molecule has 7 nitrogen and oxygen atoms in total. The summed E-state index contributed by atoms with van der Waals surface area (Å²) in [7, 11) is 0. The second-order valence-corrected chi connectivity index (χ2v) is 8.92. The highest BCUT2D eigenvalue weighted by molar-refractivity contribution is 8.23. The molecule has 1 aromatic heterocycles. The smallest absolute Gasteiger partial charge is 0.311 e. The molecule has 1 fully saturated rings. The van der Waals surface area contributed by atoms with Gasteiger partial charge in [0.2, 0.25) is 5.91 Å². The number of thiocarbonyl (C=S) groups is 1. The lowest BCUT2D eigenvalue weighted by Gasteiger charge is -2.30. The van der Waals surface area contributed by atoms with Gasteiger partial charge in [-0.2, -0.15) is 0 Å². The predicted molar refractivity (Wildman–Crippen MR) is 117 cm³/mol. The Hall–Kier alpha value is -1.23. The molecule has 1 unspecified atom stereocenters. The fourth-order valence-corrected chi connectivity index (χ4v) is 4.84. The monoisotopic (exact) mass is 445 g/mol. The maximum Gasteiger partial charge on any atom is 0.311 e. The van der Waals surface area contributed by atoms with E-state index in [0.29, 0.717) is 30.6 Å². The Morgan fingerprint density at radius 1 is 1.43 bits per heavy atom. The maximum atomic E-state index is 12.8. The van der Waals surface area contributed by atoms with Crippen molar-refractivity contribution < 1.29 is 19.1 Å². The Bertz CT molecular complexity index is 662. The van der Waals surface area contributed by atoms with E-state index in [4.69, 9.17) is 21.7 Å². The number of amides is 1. The van der Waals surface area contributed by atoms with Gasteiger partial charge in [0.25, 0.3) is 0 Å². The number of hydrogen-bond donors (Lipinski definition) is 1.